The molecule has 0 saturated carbocycles. The Morgan fingerprint density at radius 1 is 0.597 bits per heavy atom. The van der Waals surface area contributed by atoms with Gasteiger partial charge < -0.3 is 14.2 Å². The maximum atomic E-state index is 12.8. The first-order valence-corrected chi connectivity index (χ1v) is 22.7. The molecule has 0 aliphatic rings. The Labute approximate surface area is 376 Å². The lowest BCUT2D eigenvalue weighted by molar-refractivity contribution is -0.139. The van der Waals surface area contributed by atoms with E-state index in [0.717, 1.165) is 88.6 Å². The summed E-state index contributed by atoms with van der Waals surface area (Å²) < 4.78 is 15.8. The number of esters is 2. The summed E-state index contributed by atoms with van der Waals surface area (Å²) in [7, 11) is 1.36. The SMILES string of the molecule is C=C(C)C(=C)OCCCCCSc1ccc(C#Cc2ccc3cc(/C=N/c4ccc(C#Cc5ccc(SCCCCCOC(=O)C(=C)C)cc5)cc4C(=O)OC)ccc3c2)cc1. The second-order valence-corrected chi connectivity index (χ2v) is 17.0. The van der Waals surface area contributed by atoms with E-state index in [2.05, 4.69) is 109 Å². The average Bonchev–Trinajstić information content (AvgIpc) is 3.29. The van der Waals surface area contributed by atoms with Gasteiger partial charge in [-0.1, -0.05) is 61.6 Å². The fourth-order valence-corrected chi connectivity index (χ4v) is 7.70. The number of hydrogen-bond acceptors (Lipinski definition) is 8. The summed E-state index contributed by atoms with van der Waals surface area (Å²) in [6.07, 6.45) is 7.88. The van der Waals surface area contributed by atoms with Crippen LogP contribution in [-0.2, 0) is 19.0 Å². The summed E-state index contributed by atoms with van der Waals surface area (Å²) in [4.78, 5) is 31.3. The third-order valence-corrected chi connectivity index (χ3v) is 11.7. The molecule has 0 heterocycles. The molecule has 0 unspecified atom stereocenters. The van der Waals surface area contributed by atoms with Crippen molar-refractivity contribution in [2.45, 2.75) is 62.2 Å². The van der Waals surface area contributed by atoms with Crippen LogP contribution in [0.2, 0.25) is 0 Å². The van der Waals surface area contributed by atoms with Gasteiger partial charge in [-0.3, -0.25) is 4.99 Å². The normalized spacial score (nSPS) is 10.6. The van der Waals surface area contributed by atoms with Crippen molar-refractivity contribution in [1.82, 2.24) is 0 Å². The molecule has 5 rings (SSSR count). The van der Waals surface area contributed by atoms with Gasteiger partial charge in [-0.15, -0.1) is 23.5 Å². The van der Waals surface area contributed by atoms with Gasteiger partial charge in [-0.2, -0.15) is 0 Å². The Morgan fingerprint density at radius 3 is 1.69 bits per heavy atom. The molecule has 8 heteroatoms. The summed E-state index contributed by atoms with van der Waals surface area (Å²) >= 11 is 3.65. The quantitative estimate of drug-likeness (QED) is 0.0113. The van der Waals surface area contributed by atoms with Crippen molar-refractivity contribution in [3.63, 3.8) is 0 Å². The predicted molar refractivity (Wildman–Crippen MR) is 259 cm³/mol. The van der Waals surface area contributed by atoms with Crippen LogP contribution in [0.3, 0.4) is 0 Å². The number of carbonyl (C=O) groups excluding carboxylic acids is 2. The van der Waals surface area contributed by atoms with Gasteiger partial charge in [0.1, 0.15) is 5.76 Å². The smallest absolute Gasteiger partial charge is 0.340 e. The Balaban J connectivity index is 1.11. The zero-order valence-corrected chi connectivity index (χ0v) is 37.5. The molecule has 0 saturated heterocycles. The van der Waals surface area contributed by atoms with Crippen LogP contribution in [0.15, 0.2) is 155 Å². The van der Waals surface area contributed by atoms with E-state index in [9.17, 15) is 9.59 Å². The first-order chi connectivity index (χ1) is 30.1. The Kier molecular flexibility index (Phi) is 18.8. The molecule has 0 amide bonds. The second kappa shape index (κ2) is 24.9. The van der Waals surface area contributed by atoms with Gasteiger partial charge in [0.15, 0.2) is 0 Å². The Bertz CT molecular complexity index is 2530. The highest BCUT2D eigenvalue weighted by Gasteiger charge is 2.12. The minimum atomic E-state index is -0.479. The zero-order valence-electron chi connectivity index (χ0n) is 35.9. The van der Waals surface area contributed by atoms with E-state index in [0.29, 0.717) is 41.4 Å². The standard InChI is InChI=1S/C54H53NO5S2/c1-39(2)41(5)59-31-9-7-11-33-61-49-26-19-42(20-27-49)13-15-44-17-24-48-36-46(18-25-47(48)35-44)38-55-52-30-23-45(37-51(52)54(57)58-6)16-14-43-21-28-50(29-22-43)62-34-12-8-10-32-60-53(56)40(3)4/h17-30,35-38H,1,3,5,7-12,31-34H2,2,4,6H3/b55-38+. The number of rotatable bonds is 20. The molecule has 0 bridgehead atoms. The van der Waals surface area contributed by atoms with Crippen molar-refractivity contribution >= 4 is 58.1 Å². The molecule has 0 fully saturated rings. The van der Waals surface area contributed by atoms with E-state index in [1.54, 1.807) is 37.0 Å². The zero-order chi connectivity index (χ0) is 44.1. The lowest BCUT2D eigenvalue weighted by atomic mass is 10.0. The van der Waals surface area contributed by atoms with Crippen LogP contribution in [-0.4, -0.2) is 50.0 Å². The molecule has 0 aliphatic heterocycles. The van der Waals surface area contributed by atoms with Gasteiger partial charge in [0.05, 0.1) is 31.6 Å². The number of ether oxygens (including phenoxy) is 3. The minimum Gasteiger partial charge on any atom is -0.494 e. The molecule has 0 spiro atoms. The van der Waals surface area contributed by atoms with Crippen LogP contribution < -0.4 is 0 Å². The third-order valence-electron chi connectivity index (χ3n) is 9.48. The van der Waals surface area contributed by atoms with Gasteiger partial charge in [-0.05, 0) is 171 Å². The number of methoxy groups -OCH3 is 1. The number of hydrogen-bond donors (Lipinski definition) is 0. The van der Waals surface area contributed by atoms with Crippen LogP contribution >= 0.6 is 23.5 Å². The largest absolute Gasteiger partial charge is 0.494 e. The molecule has 0 atom stereocenters. The van der Waals surface area contributed by atoms with E-state index in [1.165, 1.54) is 16.9 Å². The van der Waals surface area contributed by atoms with Gasteiger partial charge in [0, 0.05) is 43.8 Å². The van der Waals surface area contributed by atoms with Crippen molar-refractivity contribution in [1.29, 1.82) is 0 Å². The first-order valence-electron chi connectivity index (χ1n) is 20.7. The number of fused-ring (bicyclic) bond motifs is 1. The number of nitrogens with zero attached hydrogens (tertiary/aromatic N) is 1. The maximum absolute atomic E-state index is 12.8. The molecule has 0 radical (unpaired) electrons. The summed E-state index contributed by atoms with van der Waals surface area (Å²) in [6, 6.07) is 34.2. The van der Waals surface area contributed by atoms with Gasteiger partial charge in [-0.25, -0.2) is 9.59 Å². The van der Waals surface area contributed by atoms with Crippen molar-refractivity contribution < 1.29 is 23.8 Å². The van der Waals surface area contributed by atoms with Crippen LogP contribution in [0.1, 0.15) is 90.5 Å². The van der Waals surface area contributed by atoms with Crippen molar-refractivity contribution in [2.75, 3.05) is 31.8 Å². The van der Waals surface area contributed by atoms with E-state index in [-0.39, 0.29) is 5.97 Å². The van der Waals surface area contributed by atoms with Gasteiger partial charge >= 0.3 is 11.9 Å². The third kappa shape index (κ3) is 15.7. The number of allylic oxidation sites excluding steroid dienone is 1. The molecule has 5 aromatic rings. The lowest BCUT2D eigenvalue weighted by Gasteiger charge is -2.08. The number of benzene rings is 5. The van der Waals surface area contributed by atoms with Crippen LogP contribution in [0, 0.1) is 23.7 Å². The number of thioether (sulfide) groups is 2. The maximum Gasteiger partial charge on any atom is 0.340 e. The molecular formula is C54H53NO5S2. The van der Waals surface area contributed by atoms with Crippen molar-refractivity contribution in [2.24, 2.45) is 4.99 Å². The summed E-state index contributed by atoms with van der Waals surface area (Å²) in [5.74, 6) is 14.9. The Morgan fingerprint density at radius 2 is 1.11 bits per heavy atom. The van der Waals surface area contributed by atoms with E-state index < -0.39 is 5.97 Å². The molecular weight excluding hydrogens is 807 g/mol. The number of aliphatic imine (C=N–C) groups is 1. The summed E-state index contributed by atoms with van der Waals surface area (Å²) in [6.45, 7) is 16.0. The fourth-order valence-electron chi connectivity index (χ4n) is 5.87. The molecule has 5 aromatic carbocycles. The number of unbranched alkanes of at least 4 members (excludes halogenated alkanes) is 4. The highest BCUT2D eigenvalue weighted by Crippen LogP contribution is 2.25. The second-order valence-electron chi connectivity index (χ2n) is 14.6. The molecule has 6 nitrogen and oxygen atoms in total. The highest BCUT2D eigenvalue weighted by atomic mass is 32.2. The van der Waals surface area contributed by atoms with Crippen LogP contribution in [0.5, 0.6) is 0 Å². The Hall–Kier alpha value is -6.19. The molecule has 0 aliphatic carbocycles. The minimum absolute atomic E-state index is 0.329. The highest BCUT2D eigenvalue weighted by molar-refractivity contribution is 7.99. The monoisotopic (exact) mass is 859 g/mol. The van der Waals surface area contributed by atoms with Crippen LogP contribution in [0.4, 0.5) is 5.69 Å². The van der Waals surface area contributed by atoms with Crippen molar-refractivity contribution in [3.05, 3.63) is 173 Å². The van der Waals surface area contributed by atoms with Crippen LogP contribution in [0.25, 0.3) is 10.8 Å². The lowest BCUT2D eigenvalue weighted by Crippen LogP contribution is -2.06. The van der Waals surface area contributed by atoms with Gasteiger partial charge in [0.2, 0.25) is 0 Å². The molecule has 316 valence electrons. The average molecular weight is 860 g/mol. The van der Waals surface area contributed by atoms with E-state index in [1.807, 2.05) is 49.0 Å². The topological polar surface area (TPSA) is 74.2 Å². The fraction of sp³-hybridized carbons (Fsp3) is 0.241. The predicted octanol–water partition coefficient (Wildman–Crippen LogP) is 12.9. The summed E-state index contributed by atoms with van der Waals surface area (Å²) in [5.41, 5.74) is 6.51. The van der Waals surface area contributed by atoms with Gasteiger partial charge in [0.25, 0.3) is 0 Å². The van der Waals surface area contributed by atoms with E-state index >= 15 is 0 Å². The molecule has 0 aromatic heterocycles. The summed E-state index contributed by atoms with van der Waals surface area (Å²) in [5, 5.41) is 2.14. The number of carbonyl (C=O) groups is 2. The van der Waals surface area contributed by atoms with E-state index in [4.69, 9.17) is 14.2 Å². The molecule has 0 N–H and O–H groups in total. The van der Waals surface area contributed by atoms with Crippen molar-refractivity contribution in [3.8, 4) is 23.7 Å². The first kappa shape index (κ1) is 46.9. The molecule has 62 heavy (non-hydrogen) atoms.